The maximum atomic E-state index is 13.9. The largest absolute Gasteiger partial charge is 0.350 e. The number of amides is 1. The first-order valence-electron chi connectivity index (χ1n) is 7.79. The molecule has 2 aromatic carbocycles. The number of hydrogen-bond donors (Lipinski definition) is 2. The number of nitrogens with two attached hydrogens (primary N) is 1. The molecule has 0 aromatic heterocycles. The molecule has 24 heavy (non-hydrogen) atoms. The van der Waals surface area contributed by atoms with E-state index in [0.29, 0.717) is 11.5 Å². The Bertz CT molecular complexity index is 686. The van der Waals surface area contributed by atoms with E-state index >= 15 is 0 Å². The van der Waals surface area contributed by atoms with Crippen molar-refractivity contribution in [1.82, 2.24) is 5.32 Å². The van der Waals surface area contributed by atoms with Crippen molar-refractivity contribution in [2.75, 3.05) is 6.54 Å². The van der Waals surface area contributed by atoms with Gasteiger partial charge in [0, 0.05) is 12.6 Å². The topological polar surface area (TPSA) is 55.1 Å². The molecule has 5 heteroatoms. The van der Waals surface area contributed by atoms with E-state index in [1.807, 2.05) is 24.3 Å². The summed E-state index contributed by atoms with van der Waals surface area (Å²) in [5.74, 6) is -0.468. The van der Waals surface area contributed by atoms with Crippen LogP contribution in [0.1, 0.15) is 52.9 Å². The predicted molar refractivity (Wildman–Crippen MR) is 98.2 cm³/mol. The molecule has 0 bridgehead atoms. The molecule has 0 radical (unpaired) electrons. The average molecular weight is 351 g/mol. The van der Waals surface area contributed by atoms with Gasteiger partial charge in [-0.05, 0) is 35.6 Å². The van der Waals surface area contributed by atoms with Gasteiger partial charge < -0.3 is 11.1 Å². The van der Waals surface area contributed by atoms with Crippen LogP contribution in [0.3, 0.4) is 0 Å². The second kappa shape index (κ2) is 8.81. The second-order valence-corrected chi connectivity index (χ2v) is 6.07. The Kier molecular flexibility index (Phi) is 7.39. The number of carbonyl (C=O) groups excluding carboxylic acids is 1. The van der Waals surface area contributed by atoms with Crippen molar-refractivity contribution in [3.63, 3.8) is 0 Å². The maximum absolute atomic E-state index is 13.9. The molecule has 1 unspecified atom stereocenters. The monoisotopic (exact) mass is 350 g/mol. The standard InChI is InChI=1S/C19H23FN2O.ClH/c1-12(2)14-7-9-15(10-8-14)17(21)11-22-19(23)16-6-4-5-13(3)18(16)20;/h4-10,12,17H,11,21H2,1-3H3,(H,22,23);1H. The molecule has 0 heterocycles. The highest BCUT2D eigenvalue weighted by atomic mass is 35.5. The Balaban J connectivity index is 0.00000288. The van der Waals surface area contributed by atoms with Gasteiger partial charge in [-0.3, -0.25) is 4.79 Å². The van der Waals surface area contributed by atoms with E-state index in [1.165, 1.54) is 11.6 Å². The lowest BCUT2D eigenvalue weighted by molar-refractivity contribution is 0.0947. The van der Waals surface area contributed by atoms with Crippen LogP contribution in [-0.2, 0) is 0 Å². The molecule has 2 aromatic rings. The Morgan fingerprint density at radius 2 is 1.71 bits per heavy atom. The van der Waals surface area contributed by atoms with Crippen LogP contribution in [0.2, 0.25) is 0 Å². The molecule has 3 nitrogen and oxygen atoms in total. The van der Waals surface area contributed by atoms with Crippen molar-refractivity contribution in [2.45, 2.75) is 32.7 Å². The van der Waals surface area contributed by atoms with Gasteiger partial charge in [0.2, 0.25) is 0 Å². The van der Waals surface area contributed by atoms with E-state index < -0.39 is 11.7 Å². The molecule has 0 aliphatic carbocycles. The Morgan fingerprint density at radius 1 is 1.12 bits per heavy atom. The predicted octanol–water partition coefficient (Wildman–Crippen LogP) is 4.11. The molecule has 0 aliphatic heterocycles. The molecular formula is C19H24ClFN2O. The quantitative estimate of drug-likeness (QED) is 0.852. The molecule has 3 N–H and O–H groups in total. The normalized spacial score (nSPS) is 11.8. The summed E-state index contributed by atoms with van der Waals surface area (Å²) in [5.41, 5.74) is 8.79. The highest BCUT2D eigenvalue weighted by molar-refractivity contribution is 5.94. The Labute approximate surface area is 148 Å². The average Bonchev–Trinajstić information content (AvgIpc) is 2.55. The van der Waals surface area contributed by atoms with Crippen LogP contribution in [0, 0.1) is 12.7 Å². The van der Waals surface area contributed by atoms with Gasteiger partial charge in [0.05, 0.1) is 5.56 Å². The minimum atomic E-state index is -0.486. The van der Waals surface area contributed by atoms with Crippen molar-refractivity contribution in [1.29, 1.82) is 0 Å². The highest BCUT2D eigenvalue weighted by Crippen LogP contribution is 2.18. The van der Waals surface area contributed by atoms with E-state index in [4.69, 9.17) is 5.73 Å². The molecule has 0 saturated heterocycles. The molecule has 1 amide bonds. The lowest BCUT2D eigenvalue weighted by atomic mass is 9.99. The molecule has 0 fully saturated rings. The molecule has 1 atom stereocenters. The van der Waals surface area contributed by atoms with Crippen molar-refractivity contribution >= 4 is 18.3 Å². The van der Waals surface area contributed by atoms with E-state index in [9.17, 15) is 9.18 Å². The van der Waals surface area contributed by atoms with Crippen molar-refractivity contribution in [3.05, 3.63) is 70.5 Å². The molecule has 0 saturated carbocycles. The fourth-order valence-corrected chi connectivity index (χ4v) is 2.37. The summed E-state index contributed by atoms with van der Waals surface area (Å²) in [6.45, 7) is 6.15. The fourth-order valence-electron chi connectivity index (χ4n) is 2.37. The highest BCUT2D eigenvalue weighted by Gasteiger charge is 2.14. The van der Waals surface area contributed by atoms with Gasteiger partial charge in [0.15, 0.2) is 0 Å². The Morgan fingerprint density at radius 3 is 2.29 bits per heavy atom. The first kappa shape index (κ1) is 20.1. The van der Waals surface area contributed by atoms with Gasteiger partial charge in [-0.2, -0.15) is 0 Å². The number of nitrogens with one attached hydrogen (secondary N) is 1. The lowest BCUT2D eigenvalue weighted by Crippen LogP contribution is -2.32. The van der Waals surface area contributed by atoms with Crippen LogP contribution in [-0.4, -0.2) is 12.5 Å². The van der Waals surface area contributed by atoms with Crippen molar-refractivity contribution in [2.24, 2.45) is 5.73 Å². The van der Waals surface area contributed by atoms with Crippen LogP contribution < -0.4 is 11.1 Å². The van der Waals surface area contributed by atoms with Gasteiger partial charge in [-0.15, -0.1) is 12.4 Å². The summed E-state index contributed by atoms with van der Waals surface area (Å²) in [5, 5.41) is 2.70. The lowest BCUT2D eigenvalue weighted by Gasteiger charge is -2.15. The maximum Gasteiger partial charge on any atom is 0.254 e. The third kappa shape index (κ3) is 4.79. The van der Waals surface area contributed by atoms with Crippen LogP contribution in [0.5, 0.6) is 0 Å². The van der Waals surface area contributed by atoms with Gasteiger partial charge in [0.25, 0.3) is 5.91 Å². The molecular weight excluding hydrogens is 327 g/mol. The van der Waals surface area contributed by atoms with Crippen molar-refractivity contribution in [3.8, 4) is 0 Å². The summed E-state index contributed by atoms with van der Waals surface area (Å²) in [7, 11) is 0. The number of halogens is 2. The number of carbonyl (C=O) groups is 1. The first-order valence-corrected chi connectivity index (χ1v) is 7.79. The summed E-state index contributed by atoms with van der Waals surface area (Å²) in [6.07, 6.45) is 0. The summed E-state index contributed by atoms with van der Waals surface area (Å²) < 4.78 is 13.9. The number of benzene rings is 2. The van der Waals surface area contributed by atoms with Crippen LogP contribution in [0.4, 0.5) is 4.39 Å². The van der Waals surface area contributed by atoms with Crippen LogP contribution >= 0.6 is 12.4 Å². The summed E-state index contributed by atoms with van der Waals surface area (Å²) in [6, 6.07) is 12.5. The van der Waals surface area contributed by atoms with E-state index in [0.717, 1.165) is 5.56 Å². The zero-order chi connectivity index (χ0) is 17.0. The zero-order valence-electron chi connectivity index (χ0n) is 14.2. The molecule has 2 rings (SSSR count). The van der Waals surface area contributed by atoms with Gasteiger partial charge >= 0.3 is 0 Å². The number of hydrogen-bond acceptors (Lipinski definition) is 2. The minimum Gasteiger partial charge on any atom is -0.350 e. The zero-order valence-corrected chi connectivity index (χ0v) is 15.0. The number of rotatable bonds is 5. The van der Waals surface area contributed by atoms with E-state index in [2.05, 4.69) is 19.2 Å². The van der Waals surface area contributed by atoms with E-state index in [-0.39, 0.29) is 30.6 Å². The van der Waals surface area contributed by atoms with E-state index in [1.54, 1.807) is 19.1 Å². The second-order valence-electron chi connectivity index (χ2n) is 6.07. The van der Waals surface area contributed by atoms with Gasteiger partial charge in [-0.1, -0.05) is 50.2 Å². The molecule has 0 aliphatic rings. The first-order chi connectivity index (χ1) is 10.9. The molecule has 0 spiro atoms. The Hall–Kier alpha value is -1.91. The minimum absolute atomic E-state index is 0. The van der Waals surface area contributed by atoms with Crippen molar-refractivity contribution < 1.29 is 9.18 Å². The fraction of sp³-hybridized carbons (Fsp3) is 0.316. The van der Waals surface area contributed by atoms with Crippen LogP contribution in [0.25, 0.3) is 0 Å². The molecule has 130 valence electrons. The van der Waals surface area contributed by atoms with Gasteiger partial charge in [0.1, 0.15) is 5.82 Å². The third-order valence-corrected chi connectivity index (χ3v) is 3.95. The summed E-state index contributed by atoms with van der Waals surface area (Å²) in [4.78, 5) is 12.1. The van der Waals surface area contributed by atoms with Gasteiger partial charge in [-0.25, -0.2) is 4.39 Å². The summed E-state index contributed by atoms with van der Waals surface area (Å²) >= 11 is 0. The van der Waals surface area contributed by atoms with Crippen LogP contribution in [0.15, 0.2) is 42.5 Å². The smallest absolute Gasteiger partial charge is 0.254 e. The third-order valence-electron chi connectivity index (χ3n) is 3.95. The SMILES string of the molecule is Cc1cccc(C(=O)NCC(N)c2ccc(C(C)C)cc2)c1F.Cl. The number of aryl methyl sites for hydroxylation is 1.